The molecule has 0 bridgehead atoms. The Balaban J connectivity index is 1.72. The van der Waals surface area contributed by atoms with Gasteiger partial charge in [-0.25, -0.2) is 14.4 Å². The number of Topliss-reactive ketones (excluding diaryl/α,β-unsaturated/α-hetero) is 1. The molecule has 1 aromatic heterocycles. The molecule has 0 atom stereocenters. The fraction of sp³-hybridized carbons (Fsp3) is 0.105. The van der Waals surface area contributed by atoms with E-state index in [1.165, 1.54) is 18.5 Å². The molecule has 0 amide bonds. The van der Waals surface area contributed by atoms with E-state index in [2.05, 4.69) is 20.0 Å². The van der Waals surface area contributed by atoms with Crippen molar-refractivity contribution in [3.8, 4) is 17.0 Å². The van der Waals surface area contributed by atoms with Gasteiger partial charge in [-0.2, -0.15) is 0 Å². The van der Waals surface area contributed by atoms with Gasteiger partial charge in [0.25, 0.3) is 0 Å². The van der Waals surface area contributed by atoms with Crippen molar-refractivity contribution in [2.75, 3.05) is 11.9 Å². The van der Waals surface area contributed by atoms with Crippen LogP contribution in [-0.4, -0.2) is 28.7 Å². The second kappa shape index (κ2) is 8.03. The molecule has 5 nitrogen and oxygen atoms in total. The predicted octanol–water partition coefficient (Wildman–Crippen LogP) is 4.48. The summed E-state index contributed by atoms with van der Waals surface area (Å²) in [5, 5.41) is 2.84. The van der Waals surface area contributed by atoms with Gasteiger partial charge in [0, 0.05) is 17.2 Å². The average molecular weight is 391 g/mol. The van der Waals surface area contributed by atoms with Crippen LogP contribution in [0.5, 0.6) is 5.75 Å². The molecule has 0 spiro atoms. The van der Waals surface area contributed by atoms with Crippen molar-refractivity contribution in [3.05, 3.63) is 72.3 Å². The van der Waals surface area contributed by atoms with E-state index in [1.54, 1.807) is 30.3 Å². The number of nitrogens with one attached hydrogen (secondary N) is 1. The maximum absolute atomic E-state index is 13.9. The highest BCUT2D eigenvalue weighted by atomic mass is 19.4. The van der Waals surface area contributed by atoms with Gasteiger partial charge in [0.05, 0.1) is 12.2 Å². The fourth-order valence-corrected chi connectivity index (χ4v) is 2.38. The van der Waals surface area contributed by atoms with E-state index in [1.807, 2.05) is 0 Å². The van der Waals surface area contributed by atoms with Gasteiger partial charge in [-0.15, -0.1) is 13.2 Å². The monoisotopic (exact) mass is 391 g/mol. The first-order valence-corrected chi connectivity index (χ1v) is 8.02. The van der Waals surface area contributed by atoms with Crippen LogP contribution in [0.2, 0.25) is 0 Å². The number of rotatable bonds is 6. The van der Waals surface area contributed by atoms with Crippen LogP contribution in [-0.2, 0) is 0 Å². The molecule has 0 aliphatic rings. The lowest BCUT2D eigenvalue weighted by Gasteiger charge is -2.11. The number of hydrogen-bond donors (Lipinski definition) is 1. The van der Waals surface area contributed by atoms with E-state index in [-0.39, 0.29) is 23.6 Å². The summed E-state index contributed by atoms with van der Waals surface area (Å²) < 4.78 is 54.2. The molecule has 3 rings (SSSR count). The van der Waals surface area contributed by atoms with E-state index in [0.29, 0.717) is 11.4 Å². The largest absolute Gasteiger partial charge is 0.573 e. The molecule has 1 N–H and O–H groups in total. The Morgan fingerprint density at radius 2 is 1.79 bits per heavy atom. The molecule has 0 fully saturated rings. The third-order valence-corrected chi connectivity index (χ3v) is 3.65. The van der Waals surface area contributed by atoms with Gasteiger partial charge < -0.3 is 10.1 Å². The summed E-state index contributed by atoms with van der Waals surface area (Å²) in [6.07, 6.45) is -3.79. The standard InChI is InChI=1S/C19H13F4N3O2/c20-14-8-13(6-7-17(14)28-19(21,22)23)15-9-18(26-11-25-15)24-10-16(27)12-4-2-1-3-5-12/h1-9,11H,10H2,(H,24,25,26). The minimum atomic E-state index is -4.99. The van der Waals surface area contributed by atoms with Crippen molar-refractivity contribution in [2.45, 2.75) is 6.36 Å². The summed E-state index contributed by atoms with van der Waals surface area (Å²) >= 11 is 0. The number of ether oxygens (including phenoxy) is 1. The lowest BCUT2D eigenvalue weighted by atomic mass is 10.1. The molecular weight excluding hydrogens is 378 g/mol. The van der Waals surface area contributed by atoms with E-state index in [4.69, 9.17) is 0 Å². The van der Waals surface area contributed by atoms with Crippen molar-refractivity contribution in [1.29, 1.82) is 0 Å². The topological polar surface area (TPSA) is 64.1 Å². The fourth-order valence-electron chi connectivity index (χ4n) is 2.38. The van der Waals surface area contributed by atoms with Crippen LogP contribution in [0, 0.1) is 5.82 Å². The molecule has 144 valence electrons. The number of halogens is 4. The zero-order valence-corrected chi connectivity index (χ0v) is 14.2. The van der Waals surface area contributed by atoms with Crippen LogP contribution >= 0.6 is 0 Å². The Morgan fingerprint density at radius 1 is 1.04 bits per heavy atom. The number of aromatic nitrogens is 2. The Bertz CT molecular complexity index is 978. The summed E-state index contributed by atoms with van der Waals surface area (Å²) in [7, 11) is 0. The van der Waals surface area contributed by atoms with Crippen LogP contribution in [0.3, 0.4) is 0 Å². The number of carbonyl (C=O) groups excluding carboxylic acids is 1. The Kier molecular flexibility index (Phi) is 5.53. The number of nitrogens with zero attached hydrogens (tertiary/aromatic N) is 2. The molecular formula is C19H13F4N3O2. The quantitative estimate of drug-likeness (QED) is 0.496. The van der Waals surface area contributed by atoms with Gasteiger partial charge in [0.15, 0.2) is 17.3 Å². The summed E-state index contributed by atoms with van der Waals surface area (Å²) in [5.41, 5.74) is 1.03. The molecule has 9 heteroatoms. The van der Waals surface area contributed by atoms with Crippen LogP contribution in [0.25, 0.3) is 11.3 Å². The summed E-state index contributed by atoms with van der Waals surface area (Å²) in [4.78, 5) is 20.1. The van der Waals surface area contributed by atoms with Gasteiger partial charge in [-0.3, -0.25) is 4.79 Å². The van der Waals surface area contributed by atoms with E-state index in [0.717, 1.165) is 12.1 Å². The first-order chi connectivity index (χ1) is 13.3. The van der Waals surface area contributed by atoms with E-state index < -0.39 is 17.9 Å². The lowest BCUT2D eigenvalue weighted by molar-refractivity contribution is -0.275. The van der Waals surface area contributed by atoms with Crippen LogP contribution < -0.4 is 10.1 Å². The second-order valence-electron chi connectivity index (χ2n) is 5.62. The van der Waals surface area contributed by atoms with Crippen LogP contribution in [0.15, 0.2) is 60.9 Å². The average Bonchev–Trinajstić information content (AvgIpc) is 2.67. The van der Waals surface area contributed by atoms with Gasteiger partial charge in [0.1, 0.15) is 12.1 Å². The minimum absolute atomic E-state index is 0.0206. The summed E-state index contributed by atoms with van der Waals surface area (Å²) in [6, 6.07) is 13.1. The van der Waals surface area contributed by atoms with E-state index >= 15 is 0 Å². The molecule has 28 heavy (non-hydrogen) atoms. The first-order valence-electron chi connectivity index (χ1n) is 8.02. The minimum Gasteiger partial charge on any atom is -0.403 e. The smallest absolute Gasteiger partial charge is 0.403 e. The highest BCUT2D eigenvalue weighted by molar-refractivity contribution is 5.98. The lowest BCUT2D eigenvalue weighted by Crippen LogP contribution is -2.17. The zero-order valence-electron chi connectivity index (χ0n) is 14.2. The molecule has 2 aromatic carbocycles. The van der Waals surface area contributed by atoms with Crippen molar-refractivity contribution in [1.82, 2.24) is 9.97 Å². The highest BCUT2D eigenvalue weighted by Crippen LogP contribution is 2.29. The van der Waals surface area contributed by atoms with Gasteiger partial charge in [0.2, 0.25) is 0 Å². The molecule has 0 radical (unpaired) electrons. The molecule has 0 aliphatic heterocycles. The van der Waals surface area contributed by atoms with Gasteiger partial charge in [-0.05, 0) is 18.2 Å². The normalized spacial score (nSPS) is 11.1. The maximum atomic E-state index is 13.9. The Labute approximate surface area is 157 Å². The second-order valence-corrected chi connectivity index (χ2v) is 5.62. The molecule has 3 aromatic rings. The van der Waals surface area contributed by atoms with Crippen molar-refractivity contribution in [2.24, 2.45) is 0 Å². The summed E-state index contributed by atoms with van der Waals surface area (Å²) in [6.45, 7) is -0.0206. The predicted molar refractivity (Wildman–Crippen MR) is 93.4 cm³/mol. The number of hydrogen-bond acceptors (Lipinski definition) is 5. The molecule has 0 aliphatic carbocycles. The molecule has 1 heterocycles. The number of alkyl halides is 3. The number of carbonyl (C=O) groups is 1. The Hall–Kier alpha value is -3.49. The summed E-state index contributed by atoms with van der Waals surface area (Å²) in [5.74, 6) is -1.95. The van der Waals surface area contributed by atoms with Crippen molar-refractivity contribution < 1.29 is 27.1 Å². The molecule has 0 saturated heterocycles. The van der Waals surface area contributed by atoms with Gasteiger partial charge in [-0.1, -0.05) is 30.3 Å². The number of ketones is 1. The van der Waals surface area contributed by atoms with Gasteiger partial charge >= 0.3 is 6.36 Å². The Morgan fingerprint density at radius 3 is 2.46 bits per heavy atom. The number of anilines is 1. The molecule has 0 unspecified atom stereocenters. The third-order valence-electron chi connectivity index (χ3n) is 3.65. The van der Waals surface area contributed by atoms with E-state index in [9.17, 15) is 22.4 Å². The first kappa shape index (κ1) is 19.3. The van der Waals surface area contributed by atoms with Crippen molar-refractivity contribution in [3.63, 3.8) is 0 Å². The third kappa shape index (κ3) is 5.03. The SMILES string of the molecule is O=C(CNc1cc(-c2ccc(OC(F)(F)F)c(F)c2)ncn1)c1ccccc1. The maximum Gasteiger partial charge on any atom is 0.573 e. The van der Waals surface area contributed by atoms with Crippen molar-refractivity contribution >= 4 is 11.6 Å². The zero-order chi connectivity index (χ0) is 20.1. The number of benzene rings is 2. The van der Waals surface area contributed by atoms with Crippen LogP contribution in [0.1, 0.15) is 10.4 Å². The van der Waals surface area contributed by atoms with Crippen LogP contribution in [0.4, 0.5) is 23.4 Å². The molecule has 0 saturated carbocycles. The highest BCUT2D eigenvalue weighted by Gasteiger charge is 2.32.